The molecule has 0 saturated heterocycles. The van der Waals surface area contributed by atoms with Crippen LogP contribution < -0.4 is 59.1 Å². The molecule has 0 saturated carbocycles. The number of hydrogen-bond donors (Lipinski definition) is 2. The van der Waals surface area contributed by atoms with Gasteiger partial charge in [-0.05, 0) is 95.1 Å². The van der Waals surface area contributed by atoms with Crippen molar-refractivity contribution in [3.8, 4) is 44.5 Å². The largest absolute Gasteiger partial charge is 1.00 e. The number of hydrogen-bond acceptors (Lipinski definition) is 8. The molecule has 274 valence electrons. The summed E-state index contributed by atoms with van der Waals surface area (Å²) in [6.45, 7) is 0. The molecule has 0 spiro atoms. The van der Waals surface area contributed by atoms with Gasteiger partial charge in [-0.2, -0.15) is 0 Å². The van der Waals surface area contributed by atoms with Crippen molar-refractivity contribution < 1.29 is 85.1 Å². The summed E-state index contributed by atoms with van der Waals surface area (Å²) >= 11 is 0. The molecular weight excluding hydrogens is 791 g/mol. The molecule has 2 aliphatic heterocycles. The van der Waals surface area contributed by atoms with Gasteiger partial charge in [-0.25, -0.2) is 26.8 Å². The first kappa shape index (κ1) is 41.5. The molecule has 5 heterocycles. The number of aromatic amines is 2. The van der Waals surface area contributed by atoms with Gasteiger partial charge in [0, 0.05) is 44.3 Å². The normalized spacial score (nSPS) is 12.2. The van der Waals surface area contributed by atoms with E-state index in [-0.39, 0.29) is 68.9 Å². The molecule has 2 N–H and O–H groups in total. The molecule has 0 unspecified atom stereocenters. The van der Waals surface area contributed by atoms with Crippen LogP contribution in [0.4, 0.5) is 0 Å². The molecule has 0 radical (unpaired) electrons. The molecule has 4 aromatic carbocycles. The number of nitrogens with one attached hydrogen (secondary N) is 2. The summed E-state index contributed by atoms with van der Waals surface area (Å²) in [6, 6.07) is 39.0. The van der Waals surface area contributed by atoms with Crippen molar-refractivity contribution in [2.75, 3.05) is 0 Å². The minimum absolute atomic E-state index is 0. The van der Waals surface area contributed by atoms with E-state index in [0.717, 1.165) is 33.3 Å². The van der Waals surface area contributed by atoms with E-state index >= 15 is 0 Å². The van der Waals surface area contributed by atoms with E-state index in [4.69, 9.17) is 9.97 Å². The van der Waals surface area contributed by atoms with Crippen LogP contribution in [-0.4, -0.2) is 45.9 Å². The van der Waals surface area contributed by atoms with E-state index in [1.54, 1.807) is 24.3 Å². The minimum Gasteiger partial charge on any atom is -0.744 e. The first-order valence-corrected chi connectivity index (χ1v) is 20.2. The average Bonchev–Trinajstić information content (AvgIpc) is 4.03. The summed E-state index contributed by atoms with van der Waals surface area (Å²) < 4.78 is 71.1. The van der Waals surface area contributed by atoms with E-state index in [1.165, 1.54) is 24.3 Å². The Balaban J connectivity index is 0.00000256. The summed E-state index contributed by atoms with van der Waals surface area (Å²) in [6.07, 6.45) is 7.67. The van der Waals surface area contributed by atoms with Crippen LogP contribution in [0.3, 0.4) is 0 Å². The first-order chi connectivity index (χ1) is 27.0. The fourth-order valence-corrected chi connectivity index (χ4v) is 8.15. The van der Waals surface area contributed by atoms with Crippen molar-refractivity contribution in [3.05, 3.63) is 156 Å². The average molecular weight is 819 g/mol. The zero-order valence-electron chi connectivity index (χ0n) is 31.2. The third-order valence-electron chi connectivity index (χ3n) is 9.74. The van der Waals surface area contributed by atoms with Gasteiger partial charge >= 0.3 is 59.1 Å². The zero-order valence-corrected chi connectivity index (χ0v) is 36.8. The molecule has 8 bridgehead atoms. The van der Waals surface area contributed by atoms with Crippen LogP contribution in [0.25, 0.3) is 90.9 Å². The molecule has 58 heavy (non-hydrogen) atoms. The molecule has 7 aromatic rings. The van der Waals surface area contributed by atoms with Gasteiger partial charge in [0.15, 0.2) is 0 Å². The predicted molar refractivity (Wildman–Crippen MR) is 217 cm³/mol. The van der Waals surface area contributed by atoms with Gasteiger partial charge in [-0.3, -0.25) is 0 Å². The molecule has 0 fully saturated rings. The Morgan fingerprint density at radius 2 is 0.621 bits per heavy atom. The zero-order chi connectivity index (χ0) is 38.6. The molecular formula is C44H28N4Na2O6S2. The molecule has 9 rings (SSSR count). The monoisotopic (exact) mass is 818 g/mol. The van der Waals surface area contributed by atoms with Crippen molar-refractivity contribution in [2.24, 2.45) is 0 Å². The number of fused-ring (bicyclic) bond motifs is 8. The van der Waals surface area contributed by atoms with E-state index < -0.39 is 20.2 Å². The Bertz CT molecular complexity index is 2950. The SMILES string of the molecule is O=S(=O)([O-])c1ccc(-c2c3nc(c(-c4ccccc4)c4ccc([nH]4)c(-c4ccc(S(=O)(=O)[O-])cc4)c4nc(c(-c5ccccc5)c5ccc2[nH]5)C=C4)C=C3)cc1.[Na+].[Na+]. The maximum absolute atomic E-state index is 11.9. The predicted octanol–water partition coefficient (Wildman–Crippen LogP) is 3.14. The van der Waals surface area contributed by atoms with E-state index in [2.05, 4.69) is 9.97 Å². The van der Waals surface area contributed by atoms with Crippen molar-refractivity contribution in [1.29, 1.82) is 0 Å². The van der Waals surface area contributed by atoms with Crippen LogP contribution in [0.1, 0.15) is 22.8 Å². The van der Waals surface area contributed by atoms with Crippen molar-refractivity contribution in [2.45, 2.75) is 9.79 Å². The number of rotatable bonds is 6. The van der Waals surface area contributed by atoms with Crippen LogP contribution in [0, 0.1) is 0 Å². The Kier molecular flexibility index (Phi) is 11.8. The Morgan fingerprint density at radius 1 is 0.362 bits per heavy atom. The smallest absolute Gasteiger partial charge is 0.744 e. The Labute approximate surface area is 378 Å². The van der Waals surface area contributed by atoms with Crippen molar-refractivity contribution in [1.82, 2.24) is 19.9 Å². The number of aromatic nitrogens is 4. The van der Waals surface area contributed by atoms with Gasteiger partial charge in [0.25, 0.3) is 0 Å². The molecule has 14 heteroatoms. The van der Waals surface area contributed by atoms with Gasteiger partial charge in [0.05, 0.1) is 32.6 Å². The maximum atomic E-state index is 11.9. The second-order valence-electron chi connectivity index (χ2n) is 13.2. The third kappa shape index (κ3) is 8.01. The van der Waals surface area contributed by atoms with E-state index in [9.17, 15) is 25.9 Å². The van der Waals surface area contributed by atoms with E-state index in [1.807, 2.05) is 109 Å². The van der Waals surface area contributed by atoms with Crippen LogP contribution in [-0.2, 0) is 20.2 Å². The minimum atomic E-state index is -4.67. The Morgan fingerprint density at radius 3 is 0.879 bits per heavy atom. The summed E-state index contributed by atoms with van der Waals surface area (Å²) in [5.74, 6) is 0. The summed E-state index contributed by atoms with van der Waals surface area (Å²) in [5.41, 5.74) is 11.5. The second kappa shape index (κ2) is 16.5. The van der Waals surface area contributed by atoms with Gasteiger partial charge in [-0.15, -0.1) is 0 Å². The van der Waals surface area contributed by atoms with Crippen LogP contribution in [0.5, 0.6) is 0 Å². The molecule has 0 aliphatic carbocycles. The van der Waals surface area contributed by atoms with Gasteiger partial charge < -0.3 is 19.1 Å². The topological polar surface area (TPSA) is 172 Å². The fourth-order valence-electron chi connectivity index (χ4n) is 7.21. The molecule has 0 amide bonds. The Hall–Kier alpha value is -4.70. The molecule has 3 aromatic heterocycles. The molecule has 10 nitrogen and oxygen atoms in total. The quantitative estimate of drug-likeness (QED) is 0.190. The first-order valence-electron chi connectivity index (χ1n) is 17.4. The van der Waals surface area contributed by atoms with Crippen molar-refractivity contribution in [3.63, 3.8) is 0 Å². The van der Waals surface area contributed by atoms with Gasteiger partial charge in [0.1, 0.15) is 20.2 Å². The third-order valence-corrected chi connectivity index (χ3v) is 11.4. The van der Waals surface area contributed by atoms with Gasteiger partial charge in [-0.1, -0.05) is 84.9 Å². The number of nitrogens with zero attached hydrogens (tertiary/aromatic N) is 2. The molecule has 0 atom stereocenters. The van der Waals surface area contributed by atoms with Crippen LogP contribution >= 0.6 is 0 Å². The standard InChI is InChI=1S/C44H30N4O6S2.2Na/c49-55(50,51)31-15-11-29(12-16-31)43-37-23-19-33(45-37)41(27-7-3-1-4-8-27)34-20-24-38(46-34)44(30-13-17-32(18-14-30)56(52,53)54)40-26-22-36(48-40)42(28-9-5-2-6-10-28)35-21-25-39(43)47-35;;/h1-26,45,48H,(H,49,50,51)(H,52,53,54);;/q;2*+1/p-2. The fraction of sp³-hybridized carbons (Fsp3) is 0. The van der Waals surface area contributed by atoms with Crippen LogP contribution in [0.15, 0.2) is 143 Å². The molecule has 2 aliphatic rings. The summed E-state index contributed by atoms with van der Waals surface area (Å²) in [5, 5.41) is 0. The summed E-state index contributed by atoms with van der Waals surface area (Å²) in [7, 11) is -9.33. The van der Waals surface area contributed by atoms with Gasteiger partial charge in [0.2, 0.25) is 0 Å². The second-order valence-corrected chi connectivity index (χ2v) is 16.0. The summed E-state index contributed by atoms with van der Waals surface area (Å²) in [4.78, 5) is 16.9. The number of benzene rings is 4. The van der Waals surface area contributed by atoms with Crippen LogP contribution in [0.2, 0.25) is 0 Å². The maximum Gasteiger partial charge on any atom is 1.00 e. The van der Waals surface area contributed by atoms with Crippen molar-refractivity contribution >= 4 is 66.6 Å². The van der Waals surface area contributed by atoms with E-state index in [0.29, 0.717) is 56.1 Å². The number of H-pyrrole nitrogens is 2.